The van der Waals surface area contributed by atoms with E-state index in [-0.39, 0.29) is 0 Å². The number of ether oxygens (including phenoxy) is 1. The zero-order valence-electron chi connectivity index (χ0n) is 10.4. The van der Waals surface area contributed by atoms with Gasteiger partial charge in [-0.05, 0) is 25.1 Å². The zero-order valence-corrected chi connectivity index (χ0v) is 12.0. The van der Waals surface area contributed by atoms with E-state index in [1.807, 2.05) is 32.2 Å². The predicted molar refractivity (Wildman–Crippen MR) is 73.0 cm³/mol. The monoisotopic (exact) mass is 308 g/mol. The molecular weight excluding hydrogens is 296 g/mol. The summed E-state index contributed by atoms with van der Waals surface area (Å²) in [5.41, 5.74) is 1.99. The van der Waals surface area contributed by atoms with Crippen LogP contribution in [-0.4, -0.2) is 22.9 Å². The summed E-state index contributed by atoms with van der Waals surface area (Å²) in [6, 6.07) is 5.63. The number of benzene rings is 1. The third kappa shape index (κ3) is 2.06. The van der Waals surface area contributed by atoms with Crippen molar-refractivity contribution in [2.24, 2.45) is 7.05 Å². The normalized spacial score (nSPS) is 10.4. The average Bonchev–Trinajstić information content (AvgIpc) is 2.65. The van der Waals surface area contributed by atoms with Gasteiger partial charge in [-0.2, -0.15) is 0 Å². The Balaban J connectivity index is 2.72. The van der Waals surface area contributed by atoms with Gasteiger partial charge in [0, 0.05) is 17.1 Å². The molecule has 0 aliphatic carbocycles. The highest BCUT2D eigenvalue weighted by Gasteiger charge is 2.17. The molecule has 0 amide bonds. The van der Waals surface area contributed by atoms with Crippen molar-refractivity contribution in [2.45, 2.75) is 6.92 Å². The summed E-state index contributed by atoms with van der Waals surface area (Å²) in [5.74, 6) is 1.48. The predicted octanol–water partition coefficient (Wildman–Crippen LogP) is 2.98. The van der Waals surface area contributed by atoms with E-state index in [4.69, 9.17) is 4.74 Å². The van der Waals surface area contributed by atoms with Crippen LogP contribution in [0.15, 0.2) is 22.7 Å². The molecule has 1 aromatic heterocycles. The Bertz CT molecular complexity index is 605. The molecule has 94 valence electrons. The van der Waals surface area contributed by atoms with E-state index < -0.39 is 0 Å². The molecule has 0 saturated heterocycles. The lowest BCUT2D eigenvalue weighted by Crippen LogP contribution is -1.98. The van der Waals surface area contributed by atoms with Gasteiger partial charge in [0.1, 0.15) is 23.0 Å². The quantitative estimate of drug-likeness (QED) is 0.819. The maximum Gasteiger partial charge on any atom is 0.168 e. The van der Waals surface area contributed by atoms with Crippen LogP contribution in [0.25, 0.3) is 11.3 Å². The van der Waals surface area contributed by atoms with Crippen LogP contribution in [0.1, 0.15) is 16.3 Å². The van der Waals surface area contributed by atoms with Gasteiger partial charge in [-0.3, -0.25) is 4.79 Å². The van der Waals surface area contributed by atoms with Gasteiger partial charge < -0.3 is 9.30 Å². The fraction of sp³-hybridized carbons (Fsp3) is 0.231. The number of halogens is 1. The average molecular weight is 309 g/mol. The largest absolute Gasteiger partial charge is 0.496 e. The van der Waals surface area contributed by atoms with Crippen molar-refractivity contribution in [2.75, 3.05) is 7.11 Å². The van der Waals surface area contributed by atoms with Crippen molar-refractivity contribution in [1.29, 1.82) is 0 Å². The summed E-state index contributed by atoms with van der Waals surface area (Å²) in [7, 11) is 3.42. The molecule has 0 radical (unpaired) electrons. The summed E-state index contributed by atoms with van der Waals surface area (Å²) >= 11 is 3.42. The van der Waals surface area contributed by atoms with Gasteiger partial charge in [-0.25, -0.2) is 4.98 Å². The SMILES string of the molecule is COc1ccc(Br)cc1-c1nc(C)n(C)c1C=O. The van der Waals surface area contributed by atoms with Crippen LogP contribution in [-0.2, 0) is 7.05 Å². The van der Waals surface area contributed by atoms with Crippen molar-refractivity contribution in [3.63, 3.8) is 0 Å². The highest BCUT2D eigenvalue weighted by Crippen LogP contribution is 2.33. The van der Waals surface area contributed by atoms with Gasteiger partial charge in [0.25, 0.3) is 0 Å². The van der Waals surface area contributed by atoms with E-state index in [1.165, 1.54) is 0 Å². The molecule has 0 aliphatic heterocycles. The van der Waals surface area contributed by atoms with Crippen LogP contribution in [0.4, 0.5) is 0 Å². The van der Waals surface area contributed by atoms with E-state index in [0.717, 1.165) is 22.1 Å². The number of nitrogens with zero attached hydrogens (tertiary/aromatic N) is 2. The van der Waals surface area contributed by atoms with Crippen molar-refractivity contribution in [1.82, 2.24) is 9.55 Å². The maximum atomic E-state index is 11.2. The van der Waals surface area contributed by atoms with Crippen LogP contribution in [0.3, 0.4) is 0 Å². The number of aryl methyl sites for hydroxylation is 1. The first-order valence-corrected chi connectivity index (χ1v) is 6.20. The standard InChI is InChI=1S/C13H13BrN2O2/c1-8-15-13(11(7-17)16(8)2)10-6-9(14)4-5-12(10)18-3/h4-7H,1-3H3. The topological polar surface area (TPSA) is 44.1 Å². The molecule has 2 rings (SSSR count). The van der Waals surface area contributed by atoms with Crippen LogP contribution >= 0.6 is 15.9 Å². The smallest absolute Gasteiger partial charge is 0.168 e. The third-order valence-corrected chi connectivity index (χ3v) is 3.38. The second kappa shape index (κ2) is 4.94. The third-order valence-electron chi connectivity index (χ3n) is 2.89. The van der Waals surface area contributed by atoms with Crippen molar-refractivity contribution in [3.8, 4) is 17.0 Å². The second-order valence-corrected chi connectivity index (χ2v) is 4.83. The lowest BCUT2D eigenvalue weighted by atomic mass is 10.1. The van der Waals surface area contributed by atoms with Crippen LogP contribution in [0, 0.1) is 6.92 Å². The fourth-order valence-corrected chi connectivity index (χ4v) is 2.19. The molecule has 2 aromatic rings. The lowest BCUT2D eigenvalue weighted by molar-refractivity contribution is 0.111. The lowest BCUT2D eigenvalue weighted by Gasteiger charge is -2.07. The first-order valence-electron chi connectivity index (χ1n) is 5.41. The Morgan fingerprint density at radius 1 is 1.44 bits per heavy atom. The van der Waals surface area contributed by atoms with Crippen molar-refractivity contribution >= 4 is 22.2 Å². The summed E-state index contributed by atoms with van der Waals surface area (Å²) < 4.78 is 8.00. The van der Waals surface area contributed by atoms with E-state index in [1.54, 1.807) is 11.7 Å². The van der Waals surface area contributed by atoms with E-state index in [2.05, 4.69) is 20.9 Å². The van der Waals surface area contributed by atoms with Gasteiger partial charge in [0.15, 0.2) is 6.29 Å². The molecule has 0 atom stereocenters. The van der Waals surface area contributed by atoms with Crippen LogP contribution in [0.2, 0.25) is 0 Å². The molecule has 1 heterocycles. The molecular formula is C13H13BrN2O2. The number of carbonyl (C=O) groups excluding carboxylic acids is 1. The van der Waals surface area contributed by atoms with Crippen LogP contribution in [0.5, 0.6) is 5.75 Å². The molecule has 0 fully saturated rings. The number of imidazole rings is 1. The second-order valence-electron chi connectivity index (χ2n) is 3.91. The minimum absolute atomic E-state index is 0.545. The minimum Gasteiger partial charge on any atom is -0.496 e. The highest BCUT2D eigenvalue weighted by atomic mass is 79.9. The molecule has 0 unspecified atom stereocenters. The Hall–Kier alpha value is -1.62. The molecule has 1 aromatic carbocycles. The van der Waals surface area contributed by atoms with Crippen LogP contribution < -0.4 is 4.74 Å². The molecule has 0 saturated carbocycles. The Kier molecular flexibility index (Phi) is 3.52. The number of aromatic nitrogens is 2. The molecule has 0 N–H and O–H groups in total. The number of methoxy groups -OCH3 is 1. The number of carbonyl (C=O) groups is 1. The summed E-state index contributed by atoms with van der Waals surface area (Å²) in [5, 5.41) is 0. The Labute approximate surface area is 114 Å². The molecule has 4 nitrogen and oxygen atoms in total. The van der Waals surface area contributed by atoms with Gasteiger partial charge in [0.2, 0.25) is 0 Å². The van der Waals surface area contributed by atoms with Gasteiger partial charge in [-0.15, -0.1) is 0 Å². The number of hydrogen-bond donors (Lipinski definition) is 0. The minimum atomic E-state index is 0.545. The number of hydrogen-bond acceptors (Lipinski definition) is 3. The van der Waals surface area contributed by atoms with Gasteiger partial charge >= 0.3 is 0 Å². The fourth-order valence-electron chi connectivity index (χ4n) is 1.83. The molecule has 0 spiro atoms. The van der Waals surface area contributed by atoms with E-state index in [9.17, 15) is 4.79 Å². The first-order chi connectivity index (χ1) is 8.58. The number of aldehydes is 1. The zero-order chi connectivity index (χ0) is 13.3. The first kappa shape index (κ1) is 12.8. The number of rotatable bonds is 3. The Morgan fingerprint density at radius 3 is 2.78 bits per heavy atom. The molecule has 5 heteroatoms. The van der Waals surface area contributed by atoms with Crippen molar-refractivity contribution < 1.29 is 9.53 Å². The molecule has 0 aliphatic rings. The maximum absolute atomic E-state index is 11.2. The van der Waals surface area contributed by atoms with Crippen molar-refractivity contribution in [3.05, 3.63) is 34.2 Å². The summed E-state index contributed by atoms with van der Waals surface area (Å²) in [6.07, 6.45) is 0.815. The summed E-state index contributed by atoms with van der Waals surface area (Å²) in [6.45, 7) is 1.86. The highest BCUT2D eigenvalue weighted by molar-refractivity contribution is 9.10. The van der Waals surface area contributed by atoms with E-state index in [0.29, 0.717) is 17.1 Å². The molecule has 0 bridgehead atoms. The van der Waals surface area contributed by atoms with Gasteiger partial charge in [-0.1, -0.05) is 15.9 Å². The molecule has 18 heavy (non-hydrogen) atoms. The van der Waals surface area contributed by atoms with E-state index >= 15 is 0 Å². The Morgan fingerprint density at radius 2 is 2.17 bits per heavy atom. The summed E-state index contributed by atoms with van der Waals surface area (Å²) in [4.78, 5) is 15.6. The van der Waals surface area contributed by atoms with Gasteiger partial charge in [0.05, 0.1) is 7.11 Å².